The van der Waals surface area contributed by atoms with Crippen molar-refractivity contribution in [2.75, 3.05) is 13.2 Å². The van der Waals surface area contributed by atoms with Gasteiger partial charge in [-0.05, 0) is 44.2 Å². The summed E-state index contributed by atoms with van der Waals surface area (Å²) in [5, 5.41) is 4.01. The summed E-state index contributed by atoms with van der Waals surface area (Å²) in [6, 6.07) is 13.6. The molecule has 11 heteroatoms. The predicted octanol–water partition coefficient (Wildman–Crippen LogP) is 3.34. The largest absolute Gasteiger partial charge is 0.492 e. The lowest BCUT2D eigenvalue weighted by atomic mass is 10.3. The van der Waals surface area contributed by atoms with Gasteiger partial charge in [-0.2, -0.15) is 18.2 Å². The molecule has 3 aromatic rings. The van der Waals surface area contributed by atoms with Gasteiger partial charge in [0.1, 0.15) is 10.6 Å². The summed E-state index contributed by atoms with van der Waals surface area (Å²) in [5.74, 6) is -1.44. The molecule has 3 rings (SSSR count). The standard InChI is InChI=1S/C21H19BrN2O7S/c1-3-29-16-11-10-14(22)12-18(16)32(27,28)31-17-13-19(25)24(15-8-6-5-7-9-15)23-20(17)21(26)30-4-2/h5-13H,3-4H2,1-2H3. The number of carbonyl (C=O) groups is 1. The molecule has 0 aliphatic rings. The van der Waals surface area contributed by atoms with Crippen molar-refractivity contribution in [2.45, 2.75) is 18.7 Å². The van der Waals surface area contributed by atoms with Crippen LogP contribution in [0.5, 0.6) is 11.5 Å². The molecule has 0 amide bonds. The van der Waals surface area contributed by atoms with Gasteiger partial charge in [0.25, 0.3) is 5.56 Å². The second-order valence-electron chi connectivity index (χ2n) is 6.22. The highest BCUT2D eigenvalue weighted by atomic mass is 79.9. The second kappa shape index (κ2) is 9.96. The number of aromatic nitrogens is 2. The van der Waals surface area contributed by atoms with Gasteiger partial charge in [-0.3, -0.25) is 4.79 Å². The van der Waals surface area contributed by atoms with E-state index in [9.17, 15) is 18.0 Å². The number of hydrogen-bond acceptors (Lipinski definition) is 8. The van der Waals surface area contributed by atoms with Gasteiger partial charge >= 0.3 is 16.1 Å². The number of benzene rings is 2. The highest BCUT2D eigenvalue weighted by molar-refractivity contribution is 9.10. The number of hydrogen-bond donors (Lipinski definition) is 0. The van der Waals surface area contributed by atoms with Crippen LogP contribution in [-0.2, 0) is 14.9 Å². The molecule has 0 saturated carbocycles. The van der Waals surface area contributed by atoms with Crippen LogP contribution in [0.1, 0.15) is 24.3 Å². The Morgan fingerprint density at radius 2 is 1.75 bits per heavy atom. The maximum atomic E-state index is 13.0. The SMILES string of the molecule is CCOC(=O)c1nn(-c2ccccc2)c(=O)cc1OS(=O)(=O)c1cc(Br)ccc1OCC. The molecular weight excluding hydrogens is 504 g/mol. The molecule has 0 unspecified atom stereocenters. The van der Waals surface area contributed by atoms with Gasteiger partial charge in [0.05, 0.1) is 25.0 Å². The van der Waals surface area contributed by atoms with Gasteiger partial charge in [-0.15, -0.1) is 0 Å². The Labute approximate surface area is 192 Å². The Kier molecular flexibility index (Phi) is 7.31. The number of carbonyl (C=O) groups excluding carboxylic acids is 1. The van der Waals surface area contributed by atoms with E-state index in [4.69, 9.17) is 13.7 Å². The quantitative estimate of drug-likeness (QED) is 0.326. The molecule has 0 bridgehead atoms. The van der Waals surface area contributed by atoms with Crippen LogP contribution in [0.25, 0.3) is 5.69 Å². The normalized spacial score (nSPS) is 11.1. The van der Waals surface area contributed by atoms with Gasteiger partial charge in [-0.25, -0.2) is 4.79 Å². The molecule has 0 aliphatic carbocycles. The first-order chi connectivity index (χ1) is 15.3. The van der Waals surface area contributed by atoms with Gasteiger partial charge < -0.3 is 13.7 Å². The average Bonchev–Trinajstić information content (AvgIpc) is 2.75. The van der Waals surface area contributed by atoms with Crippen LogP contribution in [0.4, 0.5) is 0 Å². The van der Waals surface area contributed by atoms with E-state index in [1.807, 2.05) is 0 Å². The van der Waals surface area contributed by atoms with Crippen molar-refractivity contribution in [1.82, 2.24) is 9.78 Å². The summed E-state index contributed by atoms with van der Waals surface area (Å²) in [7, 11) is -4.50. The molecule has 32 heavy (non-hydrogen) atoms. The van der Waals surface area contributed by atoms with Crippen LogP contribution in [0.3, 0.4) is 0 Å². The molecule has 0 fully saturated rings. The van der Waals surface area contributed by atoms with E-state index < -0.39 is 33.1 Å². The topological polar surface area (TPSA) is 114 Å². The summed E-state index contributed by atoms with van der Waals surface area (Å²) in [4.78, 5) is 24.9. The van der Waals surface area contributed by atoms with E-state index in [-0.39, 0.29) is 23.9 Å². The summed E-state index contributed by atoms with van der Waals surface area (Å²) in [5.41, 5.74) is -0.788. The fraction of sp³-hybridized carbons (Fsp3) is 0.190. The van der Waals surface area contributed by atoms with E-state index in [0.29, 0.717) is 10.2 Å². The van der Waals surface area contributed by atoms with Crippen molar-refractivity contribution < 1.29 is 26.9 Å². The van der Waals surface area contributed by atoms with Gasteiger partial charge in [0.2, 0.25) is 5.69 Å². The van der Waals surface area contributed by atoms with Crippen LogP contribution >= 0.6 is 15.9 Å². The third kappa shape index (κ3) is 5.17. The Bertz CT molecular complexity index is 1290. The molecular formula is C21H19BrN2O7S. The second-order valence-corrected chi connectivity index (χ2v) is 8.66. The van der Waals surface area contributed by atoms with Crippen molar-refractivity contribution in [3.05, 3.63) is 75.1 Å². The number of nitrogens with zero attached hydrogens (tertiary/aromatic N) is 2. The number of esters is 1. The number of para-hydroxylation sites is 1. The number of ether oxygens (including phenoxy) is 2. The molecule has 0 radical (unpaired) electrons. The minimum atomic E-state index is -4.50. The van der Waals surface area contributed by atoms with Crippen LogP contribution in [-0.4, -0.2) is 37.4 Å². The maximum Gasteiger partial charge on any atom is 0.362 e. The van der Waals surface area contributed by atoms with Gasteiger partial charge in [0, 0.05) is 4.47 Å². The van der Waals surface area contributed by atoms with Crippen molar-refractivity contribution in [3.8, 4) is 17.2 Å². The summed E-state index contributed by atoms with van der Waals surface area (Å²) >= 11 is 3.22. The summed E-state index contributed by atoms with van der Waals surface area (Å²) in [6.07, 6.45) is 0. The van der Waals surface area contributed by atoms with E-state index in [1.54, 1.807) is 50.2 Å². The maximum absolute atomic E-state index is 13.0. The monoisotopic (exact) mass is 522 g/mol. The zero-order valence-corrected chi connectivity index (χ0v) is 19.6. The minimum Gasteiger partial charge on any atom is -0.492 e. The van der Waals surface area contributed by atoms with E-state index >= 15 is 0 Å². The number of rotatable bonds is 8. The fourth-order valence-electron chi connectivity index (χ4n) is 2.71. The lowest BCUT2D eigenvalue weighted by Gasteiger charge is -2.14. The predicted molar refractivity (Wildman–Crippen MR) is 119 cm³/mol. The zero-order valence-electron chi connectivity index (χ0n) is 17.1. The first kappa shape index (κ1) is 23.5. The molecule has 0 spiro atoms. The van der Waals surface area contributed by atoms with Crippen molar-refractivity contribution in [1.29, 1.82) is 0 Å². The molecule has 1 heterocycles. The van der Waals surface area contributed by atoms with Crippen molar-refractivity contribution in [3.63, 3.8) is 0 Å². The fourth-order valence-corrected chi connectivity index (χ4v) is 4.32. The molecule has 0 aliphatic heterocycles. The van der Waals surface area contributed by atoms with E-state index in [2.05, 4.69) is 21.0 Å². The van der Waals surface area contributed by atoms with Crippen LogP contribution in [0, 0.1) is 0 Å². The van der Waals surface area contributed by atoms with Gasteiger partial charge in [0.15, 0.2) is 5.75 Å². The first-order valence-electron chi connectivity index (χ1n) is 9.50. The molecule has 168 valence electrons. The Morgan fingerprint density at radius 3 is 2.41 bits per heavy atom. The first-order valence-corrected chi connectivity index (χ1v) is 11.7. The lowest BCUT2D eigenvalue weighted by molar-refractivity contribution is 0.0515. The van der Waals surface area contributed by atoms with E-state index in [1.165, 1.54) is 12.1 Å². The average molecular weight is 523 g/mol. The molecule has 0 saturated heterocycles. The van der Waals surface area contributed by atoms with Crippen molar-refractivity contribution in [2.24, 2.45) is 0 Å². The third-order valence-corrected chi connectivity index (χ3v) is 5.79. The summed E-state index contributed by atoms with van der Waals surface area (Å²) < 4.78 is 43.0. The molecule has 0 N–H and O–H groups in total. The van der Waals surface area contributed by atoms with E-state index in [0.717, 1.165) is 10.7 Å². The van der Waals surface area contributed by atoms with Crippen molar-refractivity contribution >= 4 is 32.0 Å². The van der Waals surface area contributed by atoms with Crippen LogP contribution in [0.15, 0.2) is 68.8 Å². The Balaban J connectivity index is 2.13. The highest BCUT2D eigenvalue weighted by Crippen LogP contribution is 2.30. The molecule has 0 atom stereocenters. The Hall–Kier alpha value is -3.18. The Morgan fingerprint density at radius 1 is 1.03 bits per heavy atom. The zero-order chi connectivity index (χ0) is 23.3. The van der Waals surface area contributed by atoms with Gasteiger partial charge in [-0.1, -0.05) is 34.1 Å². The van der Waals surface area contributed by atoms with Crippen LogP contribution < -0.4 is 14.5 Å². The third-order valence-electron chi connectivity index (χ3n) is 4.04. The lowest BCUT2D eigenvalue weighted by Crippen LogP contribution is -2.26. The van der Waals surface area contributed by atoms with Crippen LogP contribution in [0.2, 0.25) is 0 Å². The molecule has 9 nitrogen and oxygen atoms in total. The molecule has 1 aromatic heterocycles. The number of halogens is 1. The minimum absolute atomic E-state index is 0.0112. The highest BCUT2D eigenvalue weighted by Gasteiger charge is 2.28. The smallest absolute Gasteiger partial charge is 0.362 e. The summed E-state index contributed by atoms with van der Waals surface area (Å²) in [6.45, 7) is 3.51. The molecule has 2 aromatic carbocycles.